The molecule has 4 aromatic rings. The lowest BCUT2D eigenvalue weighted by molar-refractivity contribution is -0.117. The number of hydrogen-bond acceptors (Lipinski definition) is 3. The van der Waals surface area contributed by atoms with Crippen LogP contribution in [0.2, 0.25) is 0 Å². The Hall–Kier alpha value is -3.77. The quantitative estimate of drug-likeness (QED) is 0.438. The van der Waals surface area contributed by atoms with E-state index < -0.39 is 5.91 Å². The molecule has 4 N–H and O–H groups in total. The average molecular weight is 400 g/mol. The van der Waals surface area contributed by atoms with Gasteiger partial charge in [-0.3, -0.25) is 15.2 Å². The molecule has 0 aliphatic heterocycles. The number of nitrogens with one attached hydrogen (secondary N) is 2. The van der Waals surface area contributed by atoms with Crippen molar-refractivity contribution >= 4 is 5.91 Å². The number of carbonyl (C=O) groups is 1. The number of hydrogen-bond donors (Lipinski definition) is 3. The lowest BCUT2D eigenvalue weighted by Crippen LogP contribution is -2.32. The van der Waals surface area contributed by atoms with Crippen molar-refractivity contribution in [2.24, 2.45) is 5.73 Å². The maximum absolute atomic E-state index is 14.7. The zero-order chi connectivity index (χ0) is 20.9. The highest BCUT2D eigenvalue weighted by atomic mass is 19.1. The molecule has 3 aromatic carbocycles. The third kappa shape index (κ3) is 4.29. The summed E-state index contributed by atoms with van der Waals surface area (Å²) in [5, 5.41) is 9.85. The summed E-state index contributed by atoms with van der Waals surface area (Å²) in [7, 11) is 0. The minimum atomic E-state index is -0.470. The normalized spacial score (nSPS) is 11.9. The van der Waals surface area contributed by atoms with Crippen molar-refractivity contribution in [3.63, 3.8) is 0 Å². The SMILES string of the molecule is NC(=O)CNC(c1cn[nH]c1)c1ccc(F)c(-c2ccc(-c3ccccc3)cc2)c1. The Balaban J connectivity index is 1.68. The number of carbonyl (C=O) groups excluding carboxylic acids is 1. The maximum atomic E-state index is 14.7. The lowest BCUT2D eigenvalue weighted by atomic mass is 9.95. The smallest absolute Gasteiger partial charge is 0.231 e. The van der Waals surface area contributed by atoms with Gasteiger partial charge in [0, 0.05) is 17.3 Å². The molecule has 5 nitrogen and oxygen atoms in total. The zero-order valence-electron chi connectivity index (χ0n) is 16.2. The van der Waals surface area contributed by atoms with Crippen molar-refractivity contribution in [2.75, 3.05) is 6.54 Å². The molecule has 0 radical (unpaired) electrons. The molecule has 6 heteroatoms. The van der Waals surface area contributed by atoms with Crippen molar-refractivity contribution in [2.45, 2.75) is 6.04 Å². The molecule has 0 aliphatic rings. The van der Waals surface area contributed by atoms with Gasteiger partial charge in [-0.05, 0) is 34.4 Å². The number of nitrogens with two attached hydrogens (primary N) is 1. The first-order chi connectivity index (χ1) is 14.6. The summed E-state index contributed by atoms with van der Waals surface area (Å²) < 4.78 is 14.7. The first-order valence-corrected chi connectivity index (χ1v) is 9.57. The molecule has 1 heterocycles. The van der Waals surface area contributed by atoms with E-state index >= 15 is 0 Å². The van der Waals surface area contributed by atoms with Crippen LogP contribution in [0.5, 0.6) is 0 Å². The number of nitrogens with zero attached hydrogens (tertiary/aromatic N) is 1. The van der Waals surface area contributed by atoms with Crippen LogP contribution in [0, 0.1) is 5.82 Å². The number of aromatic amines is 1. The molecule has 0 fully saturated rings. The van der Waals surface area contributed by atoms with E-state index in [4.69, 9.17) is 5.73 Å². The second-order valence-electron chi connectivity index (χ2n) is 6.99. The number of amides is 1. The summed E-state index contributed by atoms with van der Waals surface area (Å²) in [5.74, 6) is -0.783. The van der Waals surface area contributed by atoms with Crippen molar-refractivity contribution in [3.8, 4) is 22.3 Å². The Bertz CT molecular complexity index is 1130. The number of rotatable bonds is 7. The fourth-order valence-corrected chi connectivity index (χ4v) is 3.47. The number of aromatic nitrogens is 2. The van der Waals surface area contributed by atoms with Crippen molar-refractivity contribution in [3.05, 3.63) is 102 Å². The van der Waals surface area contributed by atoms with E-state index in [2.05, 4.69) is 15.5 Å². The van der Waals surface area contributed by atoms with Gasteiger partial charge in [0.25, 0.3) is 0 Å². The van der Waals surface area contributed by atoms with Gasteiger partial charge in [0.05, 0.1) is 18.8 Å². The molecular weight excluding hydrogens is 379 g/mol. The van der Waals surface area contributed by atoms with E-state index in [9.17, 15) is 9.18 Å². The van der Waals surface area contributed by atoms with E-state index in [-0.39, 0.29) is 18.4 Å². The minimum absolute atomic E-state index is 0.00563. The number of primary amides is 1. The molecule has 1 atom stereocenters. The second-order valence-corrected chi connectivity index (χ2v) is 6.99. The minimum Gasteiger partial charge on any atom is -0.369 e. The van der Waals surface area contributed by atoms with Gasteiger partial charge in [0.2, 0.25) is 5.91 Å². The van der Waals surface area contributed by atoms with Crippen molar-refractivity contribution in [1.82, 2.24) is 15.5 Å². The number of halogens is 1. The van der Waals surface area contributed by atoms with Crippen LogP contribution in [-0.2, 0) is 4.79 Å². The molecule has 1 unspecified atom stereocenters. The molecule has 0 saturated carbocycles. The lowest BCUT2D eigenvalue weighted by Gasteiger charge is -2.18. The molecule has 0 spiro atoms. The van der Waals surface area contributed by atoms with E-state index in [1.807, 2.05) is 54.6 Å². The fourth-order valence-electron chi connectivity index (χ4n) is 3.47. The van der Waals surface area contributed by atoms with Crippen molar-refractivity contribution < 1.29 is 9.18 Å². The Morgan fingerprint density at radius 1 is 0.967 bits per heavy atom. The van der Waals surface area contributed by atoms with Gasteiger partial charge in [-0.2, -0.15) is 5.10 Å². The Labute approximate surface area is 173 Å². The third-order valence-corrected chi connectivity index (χ3v) is 4.96. The summed E-state index contributed by atoms with van der Waals surface area (Å²) in [6.07, 6.45) is 3.40. The molecule has 4 rings (SSSR count). The average Bonchev–Trinajstić information content (AvgIpc) is 3.30. The molecule has 0 saturated heterocycles. The van der Waals surface area contributed by atoms with Gasteiger partial charge >= 0.3 is 0 Å². The standard InChI is InChI=1S/C24H21FN4O/c25-22-11-10-19(24(27-15-23(26)30)20-13-28-29-14-20)12-21(22)18-8-6-17(7-9-18)16-4-2-1-3-5-16/h1-14,24,27H,15H2,(H2,26,30)(H,28,29). The Morgan fingerprint density at radius 3 is 2.33 bits per heavy atom. The molecule has 0 aliphatic carbocycles. The van der Waals surface area contributed by atoms with Crippen LogP contribution in [0.4, 0.5) is 4.39 Å². The van der Waals surface area contributed by atoms with Crippen LogP contribution in [-0.4, -0.2) is 22.6 Å². The molecular formula is C24H21FN4O. The molecule has 0 bridgehead atoms. The van der Waals surface area contributed by atoms with Crippen LogP contribution in [0.25, 0.3) is 22.3 Å². The molecule has 1 aromatic heterocycles. The third-order valence-electron chi connectivity index (χ3n) is 4.96. The first kappa shape index (κ1) is 19.5. The van der Waals surface area contributed by atoms with Crippen LogP contribution in [0.3, 0.4) is 0 Å². The van der Waals surface area contributed by atoms with Gasteiger partial charge < -0.3 is 5.73 Å². The van der Waals surface area contributed by atoms with Crippen LogP contribution in [0.1, 0.15) is 17.2 Å². The number of H-pyrrole nitrogens is 1. The Morgan fingerprint density at radius 2 is 1.67 bits per heavy atom. The zero-order valence-corrected chi connectivity index (χ0v) is 16.2. The maximum Gasteiger partial charge on any atom is 0.231 e. The van der Waals surface area contributed by atoms with Gasteiger partial charge in [-0.1, -0.05) is 60.7 Å². The van der Waals surface area contributed by atoms with E-state index in [0.717, 1.165) is 27.8 Å². The highest BCUT2D eigenvalue weighted by Gasteiger charge is 2.18. The van der Waals surface area contributed by atoms with Crippen molar-refractivity contribution in [1.29, 1.82) is 0 Å². The fraction of sp³-hybridized carbons (Fsp3) is 0.0833. The highest BCUT2D eigenvalue weighted by molar-refractivity contribution is 5.76. The van der Waals surface area contributed by atoms with E-state index in [1.54, 1.807) is 24.5 Å². The summed E-state index contributed by atoms with van der Waals surface area (Å²) in [6.45, 7) is -0.00563. The molecule has 30 heavy (non-hydrogen) atoms. The topological polar surface area (TPSA) is 83.8 Å². The second kappa shape index (κ2) is 8.71. The van der Waals surface area contributed by atoms with Gasteiger partial charge in [-0.15, -0.1) is 0 Å². The summed E-state index contributed by atoms with van der Waals surface area (Å²) in [5.41, 5.74) is 10.4. The van der Waals surface area contributed by atoms with Gasteiger partial charge in [0.1, 0.15) is 5.82 Å². The molecule has 1 amide bonds. The van der Waals surface area contributed by atoms with E-state index in [0.29, 0.717) is 5.56 Å². The predicted octanol–water partition coefficient (Wildman–Crippen LogP) is 4.05. The molecule has 150 valence electrons. The summed E-state index contributed by atoms with van der Waals surface area (Å²) in [6, 6.07) is 22.4. The van der Waals surface area contributed by atoms with Crippen LogP contribution >= 0.6 is 0 Å². The van der Waals surface area contributed by atoms with Crippen LogP contribution < -0.4 is 11.1 Å². The number of benzene rings is 3. The van der Waals surface area contributed by atoms with E-state index in [1.165, 1.54) is 6.07 Å². The van der Waals surface area contributed by atoms with Gasteiger partial charge in [0.15, 0.2) is 0 Å². The van der Waals surface area contributed by atoms with Crippen LogP contribution in [0.15, 0.2) is 85.2 Å². The highest BCUT2D eigenvalue weighted by Crippen LogP contribution is 2.30. The monoisotopic (exact) mass is 400 g/mol. The summed E-state index contributed by atoms with van der Waals surface area (Å²) in [4.78, 5) is 11.3. The largest absolute Gasteiger partial charge is 0.369 e. The first-order valence-electron chi connectivity index (χ1n) is 9.57. The summed E-state index contributed by atoms with van der Waals surface area (Å²) >= 11 is 0. The Kier molecular flexibility index (Phi) is 5.68. The predicted molar refractivity (Wildman–Crippen MR) is 115 cm³/mol. The van der Waals surface area contributed by atoms with Gasteiger partial charge in [-0.25, -0.2) is 4.39 Å².